The van der Waals surface area contributed by atoms with Gasteiger partial charge in [-0.25, -0.2) is 4.79 Å². The molecule has 2 heterocycles. The first-order valence-corrected chi connectivity index (χ1v) is 18.3. The molecule has 3 aromatic carbocycles. The average molecular weight is 687 g/mol. The van der Waals surface area contributed by atoms with Crippen LogP contribution < -0.4 is 29.7 Å². The van der Waals surface area contributed by atoms with E-state index in [0.29, 0.717) is 41.7 Å². The second kappa shape index (κ2) is 18.6. The molecule has 0 unspecified atom stereocenters. The van der Waals surface area contributed by atoms with Crippen LogP contribution in [-0.2, 0) is 4.74 Å². The number of nitrogens with zero attached hydrogens (tertiary/aromatic N) is 2. The monoisotopic (exact) mass is 686 g/mol. The molecule has 10 nitrogen and oxygen atoms in total. The predicted octanol–water partition coefficient (Wildman–Crippen LogP) is 8.27. The second-order valence-electron chi connectivity index (χ2n) is 13.1. The fraction of sp³-hybridized carbons (Fsp3) is 0.500. The number of nitrogens with one attached hydrogen (secondary N) is 2. The number of hydrogen-bond acceptors (Lipinski definition) is 7. The summed E-state index contributed by atoms with van der Waals surface area (Å²) in [4.78, 5) is 30.9. The normalized spacial score (nSPS) is 15.8. The maximum atomic E-state index is 14.1. The number of amides is 3. The molecule has 2 aliphatic heterocycles. The van der Waals surface area contributed by atoms with Crippen molar-refractivity contribution < 1.29 is 28.5 Å². The summed E-state index contributed by atoms with van der Waals surface area (Å²) >= 11 is 0. The molecule has 5 rings (SSSR count). The molecule has 0 spiro atoms. The average Bonchev–Trinajstić information content (AvgIpc) is 3.15. The molecule has 0 aliphatic carbocycles. The van der Waals surface area contributed by atoms with E-state index in [1.165, 1.54) is 19.4 Å². The Morgan fingerprint density at radius 2 is 1.56 bits per heavy atom. The molecule has 2 fully saturated rings. The van der Waals surface area contributed by atoms with E-state index < -0.39 is 0 Å². The van der Waals surface area contributed by atoms with Crippen LogP contribution in [-0.4, -0.2) is 75.0 Å². The molecule has 0 atom stereocenters. The van der Waals surface area contributed by atoms with Crippen molar-refractivity contribution in [3.63, 3.8) is 0 Å². The summed E-state index contributed by atoms with van der Waals surface area (Å²) in [6.45, 7) is 10.9. The fourth-order valence-corrected chi connectivity index (χ4v) is 6.55. The zero-order valence-corrected chi connectivity index (χ0v) is 30.1. The van der Waals surface area contributed by atoms with E-state index >= 15 is 0 Å². The fourth-order valence-electron chi connectivity index (χ4n) is 6.55. The van der Waals surface area contributed by atoms with E-state index in [2.05, 4.69) is 22.5 Å². The van der Waals surface area contributed by atoms with Crippen molar-refractivity contribution in [1.29, 1.82) is 0 Å². The van der Waals surface area contributed by atoms with Gasteiger partial charge in [-0.15, -0.1) is 0 Å². The van der Waals surface area contributed by atoms with Gasteiger partial charge >= 0.3 is 6.03 Å². The second-order valence-corrected chi connectivity index (χ2v) is 13.1. The molecule has 0 aromatic heterocycles. The van der Waals surface area contributed by atoms with Crippen molar-refractivity contribution in [1.82, 2.24) is 10.2 Å². The van der Waals surface area contributed by atoms with Crippen LogP contribution in [0.1, 0.15) is 82.5 Å². The lowest BCUT2D eigenvalue weighted by Crippen LogP contribution is -2.43. The van der Waals surface area contributed by atoms with Crippen molar-refractivity contribution in [3.8, 4) is 23.0 Å². The third kappa shape index (κ3) is 10.1. The maximum absolute atomic E-state index is 14.1. The lowest BCUT2D eigenvalue weighted by molar-refractivity contribution is 0.0772. The number of carbonyl (C=O) groups excluding carboxylic acids is 2. The van der Waals surface area contributed by atoms with E-state index in [9.17, 15) is 9.59 Å². The van der Waals surface area contributed by atoms with E-state index in [1.807, 2.05) is 67.3 Å². The van der Waals surface area contributed by atoms with Crippen LogP contribution in [0.2, 0.25) is 0 Å². The Labute approximate surface area is 297 Å². The molecular weight excluding hydrogens is 632 g/mol. The molecule has 270 valence electrons. The first-order chi connectivity index (χ1) is 24.4. The molecule has 50 heavy (non-hydrogen) atoms. The van der Waals surface area contributed by atoms with E-state index in [-0.39, 0.29) is 30.1 Å². The van der Waals surface area contributed by atoms with Gasteiger partial charge in [-0.1, -0.05) is 27.2 Å². The summed E-state index contributed by atoms with van der Waals surface area (Å²) in [6, 6.07) is 20.3. The molecule has 2 aliphatic rings. The van der Waals surface area contributed by atoms with Gasteiger partial charge in [0.1, 0.15) is 17.6 Å². The number of rotatable bonds is 15. The largest absolute Gasteiger partial charge is 0.493 e. The maximum Gasteiger partial charge on any atom is 0.319 e. The molecule has 2 saturated heterocycles. The van der Waals surface area contributed by atoms with E-state index in [1.54, 1.807) is 25.3 Å². The van der Waals surface area contributed by atoms with Crippen LogP contribution >= 0.6 is 0 Å². The molecule has 3 aromatic rings. The summed E-state index contributed by atoms with van der Waals surface area (Å²) in [5.74, 6) is 2.33. The van der Waals surface area contributed by atoms with Crippen LogP contribution in [0.5, 0.6) is 23.0 Å². The third-order valence-corrected chi connectivity index (χ3v) is 9.63. The van der Waals surface area contributed by atoms with Crippen LogP contribution in [0.3, 0.4) is 0 Å². The number of hydrogen-bond donors (Lipinski definition) is 2. The van der Waals surface area contributed by atoms with Gasteiger partial charge in [0.05, 0.1) is 7.11 Å². The smallest absolute Gasteiger partial charge is 0.319 e. The van der Waals surface area contributed by atoms with Crippen LogP contribution in [0.15, 0.2) is 66.7 Å². The molecule has 3 amide bonds. The van der Waals surface area contributed by atoms with Gasteiger partial charge in [-0.05, 0) is 112 Å². The lowest BCUT2D eigenvalue weighted by atomic mass is 10.0. The third-order valence-electron chi connectivity index (χ3n) is 9.63. The Kier molecular flexibility index (Phi) is 13.8. The highest BCUT2D eigenvalue weighted by atomic mass is 16.5. The Bertz CT molecular complexity index is 1500. The van der Waals surface area contributed by atoms with Crippen molar-refractivity contribution >= 4 is 23.3 Å². The van der Waals surface area contributed by atoms with Crippen LogP contribution in [0, 0.1) is 0 Å². The van der Waals surface area contributed by atoms with Gasteiger partial charge in [0.2, 0.25) is 0 Å². The van der Waals surface area contributed by atoms with Gasteiger partial charge in [0.15, 0.2) is 11.5 Å². The topological polar surface area (TPSA) is 102 Å². The Hall–Kier alpha value is -4.28. The van der Waals surface area contributed by atoms with Crippen molar-refractivity contribution in [3.05, 3.63) is 72.3 Å². The number of likely N-dealkylation sites (tertiary alicyclic amines) is 1. The number of urea groups is 1. The van der Waals surface area contributed by atoms with Gasteiger partial charge in [-0.3, -0.25) is 4.79 Å². The first-order valence-electron chi connectivity index (χ1n) is 18.3. The van der Waals surface area contributed by atoms with E-state index in [0.717, 1.165) is 63.1 Å². The summed E-state index contributed by atoms with van der Waals surface area (Å²) in [7, 11) is 1.56. The predicted molar refractivity (Wildman–Crippen MR) is 198 cm³/mol. The summed E-state index contributed by atoms with van der Waals surface area (Å²) in [5.41, 5.74) is 2.01. The van der Waals surface area contributed by atoms with Crippen molar-refractivity contribution in [2.24, 2.45) is 0 Å². The SMILES string of the molecule is CCCCN1CCC(Oc2ccc(C(=O)N(c3ccc(Oc4ccc(NC(=O)NC(CC)CC)cc4OC)cc3)C3CCOCC3)cc2)CC1. The lowest BCUT2D eigenvalue weighted by Gasteiger charge is -2.34. The molecular formula is C40H54N4O6. The Morgan fingerprint density at radius 1 is 0.880 bits per heavy atom. The highest BCUT2D eigenvalue weighted by molar-refractivity contribution is 6.06. The minimum Gasteiger partial charge on any atom is -0.493 e. The number of piperidine rings is 1. The zero-order valence-electron chi connectivity index (χ0n) is 30.1. The van der Waals surface area contributed by atoms with Gasteiger partial charge < -0.3 is 39.4 Å². The number of unbranched alkanes of at least 4 members (excludes halogenated alkanes) is 1. The molecule has 10 heteroatoms. The number of benzene rings is 3. The Balaban J connectivity index is 1.24. The van der Waals surface area contributed by atoms with Crippen LogP contribution in [0.4, 0.5) is 16.2 Å². The first kappa shape index (κ1) is 37.0. The molecule has 0 saturated carbocycles. The number of carbonyl (C=O) groups is 2. The van der Waals surface area contributed by atoms with Crippen molar-refractivity contribution in [2.75, 3.05) is 50.2 Å². The highest BCUT2D eigenvalue weighted by Gasteiger charge is 2.29. The molecule has 0 bridgehead atoms. The standard InChI is InChI=1S/C40H54N4O6/c1-5-8-23-43-24-19-36(20-25-43)49-34-14-9-29(10-15-34)39(45)44(33-21-26-48-27-22-33)32-12-16-35(17-13-32)50-37-18-11-31(28-38(37)47-4)42-40(46)41-30(6-2)7-3/h9-18,28,30,33,36H,5-8,19-27H2,1-4H3,(H2,41,42,46). The summed E-state index contributed by atoms with van der Waals surface area (Å²) in [5, 5.41) is 5.84. The van der Waals surface area contributed by atoms with E-state index in [4.69, 9.17) is 18.9 Å². The van der Waals surface area contributed by atoms with Gasteiger partial charge in [-0.2, -0.15) is 0 Å². The number of anilines is 2. The summed E-state index contributed by atoms with van der Waals surface area (Å²) < 4.78 is 23.7. The van der Waals surface area contributed by atoms with Gasteiger partial charge in [0, 0.05) is 61.4 Å². The molecule has 2 N–H and O–H groups in total. The molecule has 0 radical (unpaired) electrons. The minimum absolute atomic E-state index is 0.0131. The van der Waals surface area contributed by atoms with Crippen molar-refractivity contribution in [2.45, 2.75) is 90.3 Å². The van der Waals surface area contributed by atoms with Gasteiger partial charge in [0.25, 0.3) is 5.91 Å². The number of ether oxygens (including phenoxy) is 4. The minimum atomic E-state index is -0.258. The quantitative estimate of drug-likeness (QED) is 0.166. The highest BCUT2D eigenvalue weighted by Crippen LogP contribution is 2.35. The summed E-state index contributed by atoms with van der Waals surface area (Å²) in [6.07, 6.45) is 7.96. The van der Waals surface area contributed by atoms with Crippen LogP contribution in [0.25, 0.3) is 0 Å². The zero-order chi connectivity index (χ0) is 35.3. The Morgan fingerprint density at radius 3 is 2.20 bits per heavy atom. The number of methoxy groups -OCH3 is 1.